The molecule has 1 aromatic rings. The van der Waals surface area contributed by atoms with E-state index in [0.717, 1.165) is 45.0 Å². The van der Waals surface area contributed by atoms with Crippen molar-refractivity contribution >= 4 is 0 Å². The van der Waals surface area contributed by atoms with Crippen molar-refractivity contribution in [2.24, 2.45) is 0 Å². The lowest BCUT2D eigenvalue weighted by molar-refractivity contribution is 0.0837. The topological polar surface area (TPSA) is 49.9 Å². The Kier molecular flexibility index (Phi) is 3.75. The van der Waals surface area contributed by atoms with Crippen molar-refractivity contribution in [1.29, 1.82) is 0 Å². The van der Waals surface area contributed by atoms with E-state index in [0.29, 0.717) is 5.92 Å². The van der Waals surface area contributed by atoms with Crippen LogP contribution >= 0.6 is 0 Å². The lowest BCUT2D eigenvalue weighted by Gasteiger charge is -2.19. The van der Waals surface area contributed by atoms with Gasteiger partial charge in [-0.1, -0.05) is 6.92 Å². The summed E-state index contributed by atoms with van der Waals surface area (Å²) in [5.74, 6) is 1.69. The molecule has 0 amide bonds. The summed E-state index contributed by atoms with van der Waals surface area (Å²) in [6.45, 7) is 5.72. The highest BCUT2D eigenvalue weighted by Gasteiger charge is 2.18. The summed E-state index contributed by atoms with van der Waals surface area (Å²) >= 11 is 0. The molecule has 0 aromatic carbocycles. The van der Waals surface area contributed by atoms with E-state index < -0.39 is 0 Å². The summed E-state index contributed by atoms with van der Waals surface area (Å²) in [5.41, 5.74) is 1.18. The number of nitrogens with one attached hydrogen (secondary N) is 2. The van der Waals surface area contributed by atoms with Crippen LogP contribution in [0.4, 0.5) is 0 Å². The van der Waals surface area contributed by atoms with Gasteiger partial charge in [-0.05, 0) is 19.4 Å². The van der Waals surface area contributed by atoms with Gasteiger partial charge in [0.05, 0.1) is 0 Å². The highest BCUT2D eigenvalue weighted by Crippen LogP contribution is 2.24. The number of rotatable bonds is 4. The number of hydrogen-bond acceptors (Lipinski definition) is 3. The Morgan fingerprint density at radius 3 is 3.07 bits per heavy atom. The first-order valence-electron chi connectivity index (χ1n) is 5.72. The van der Waals surface area contributed by atoms with Gasteiger partial charge in [0.2, 0.25) is 0 Å². The fourth-order valence-electron chi connectivity index (χ4n) is 1.90. The number of nitrogens with zero attached hydrogens (tertiary/aromatic N) is 1. The van der Waals surface area contributed by atoms with E-state index in [-0.39, 0.29) is 0 Å². The number of H-pyrrole nitrogens is 1. The van der Waals surface area contributed by atoms with Crippen LogP contribution in [0.25, 0.3) is 0 Å². The molecule has 15 heavy (non-hydrogen) atoms. The van der Waals surface area contributed by atoms with E-state index in [1.54, 1.807) is 0 Å². The van der Waals surface area contributed by atoms with Gasteiger partial charge in [0.25, 0.3) is 0 Å². The Balaban J connectivity index is 1.93. The third-order valence-electron chi connectivity index (χ3n) is 2.82. The monoisotopic (exact) mass is 209 g/mol. The number of hydrogen-bond donors (Lipinski definition) is 2. The Morgan fingerprint density at radius 1 is 1.53 bits per heavy atom. The summed E-state index contributed by atoms with van der Waals surface area (Å²) in [6.07, 6.45) is 4.12. The van der Waals surface area contributed by atoms with Crippen LogP contribution in [0.1, 0.15) is 37.2 Å². The molecule has 84 valence electrons. The molecule has 4 nitrogen and oxygen atoms in total. The largest absolute Gasteiger partial charge is 0.381 e. The van der Waals surface area contributed by atoms with Crippen LogP contribution in [-0.2, 0) is 11.3 Å². The fraction of sp³-hybridized carbons (Fsp3) is 0.727. The van der Waals surface area contributed by atoms with Crippen molar-refractivity contribution < 1.29 is 4.74 Å². The highest BCUT2D eigenvalue weighted by atomic mass is 16.5. The molecule has 1 saturated heterocycles. The molecule has 1 fully saturated rings. The summed E-state index contributed by atoms with van der Waals surface area (Å²) in [7, 11) is 0. The molecule has 0 radical (unpaired) electrons. The second-order valence-electron chi connectivity index (χ2n) is 3.96. The number of aromatic nitrogens is 2. The maximum absolute atomic E-state index is 5.34. The SMILES string of the molecule is CCNCc1cnc(C2CCOCC2)[nH]1. The number of imidazole rings is 1. The third-order valence-corrected chi connectivity index (χ3v) is 2.82. The summed E-state index contributed by atoms with van der Waals surface area (Å²) in [4.78, 5) is 7.83. The van der Waals surface area contributed by atoms with Crippen LogP contribution in [0.3, 0.4) is 0 Å². The van der Waals surface area contributed by atoms with Gasteiger partial charge in [0.1, 0.15) is 5.82 Å². The van der Waals surface area contributed by atoms with Gasteiger partial charge in [-0.3, -0.25) is 0 Å². The predicted octanol–water partition coefficient (Wildman–Crippen LogP) is 1.41. The number of ether oxygens (including phenoxy) is 1. The number of aromatic amines is 1. The smallest absolute Gasteiger partial charge is 0.109 e. The molecule has 0 spiro atoms. The average Bonchev–Trinajstić information content (AvgIpc) is 2.76. The van der Waals surface area contributed by atoms with Crippen molar-refractivity contribution in [3.05, 3.63) is 17.7 Å². The zero-order chi connectivity index (χ0) is 10.5. The van der Waals surface area contributed by atoms with Gasteiger partial charge in [0.15, 0.2) is 0 Å². The fourth-order valence-corrected chi connectivity index (χ4v) is 1.90. The normalized spacial score (nSPS) is 18.2. The zero-order valence-corrected chi connectivity index (χ0v) is 9.25. The van der Waals surface area contributed by atoms with Crippen LogP contribution in [0, 0.1) is 0 Å². The average molecular weight is 209 g/mol. The van der Waals surface area contributed by atoms with Crippen LogP contribution in [-0.4, -0.2) is 29.7 Å². The predicted molar refractivity (Wildman–Crippen MR) is 58.8 cm³/mol. The first-order valence-corrected chi connectivity index (χ1v) is 5.72. The molecule has 2 N–H and O–H groups in total. The lowest BCUT2D eigenvalue weighted by Crippen LogP contribution is -2.15. The minimum atomic E-state index is 0.564. The minimum Gasteiger partial charge on any atom is -0.381 e. The molecular formula is C11H19N3O. The second-order valence-corrected chi connectivity index (χ2v) is 3.96. The summed E-state index contributed by atoms with van der Waals surface area (Å²) < 4.78 is 5.34. The molecule has 2 heterocycles. The molecule has 2 rings (SSSR count). The van der Waals surface area contributed by atoms with Crippen molar-refractivity contribution in [2.75, 3.05) is 19.8 Å². The summed E-state index contributed by atoms with van der Waals surface area (Å²) in [5, 5.41) is 3.28. The van der Waals surface area contributed by atoms with E-state index in [1.807, 2.05) is 6.20 Å². The van der Waals surface area contributed by atoms with Gasteiger partial charge < -0.3 is 15.0 Å². The second kappa shape index (κ2) is 5.28. The molecule has 1 aromatic heterocycles. The molecule has 0 atom stereocenters. The molecule has 0 aliphatic carbocycles. The van der Waals surface area contributed by atoms with E-state index in [4.69, 9.17) is 4.74 Å². The molecule has 4 heteroatoms. The van der Waals surface area contributed by atoms with E-state index in [2.05, 4.69) is 22.2 Å². The van der Waals surface area contributed by atoms with Gasteiger partial charge in [-0.25, -0.2) is 4.98 Å². The van der Waals surface area contributed by atoms with E-state index in [1.165, 1.54) is 5.69 Å². The van der Waals surface area contributed by atoms with Gasteiger partial charge in [0, 0.05) is 37.6 Å². The molecule has 0 saturated carbocycles. The standard InChI is InChI=1S/C11H19N3O/c1-2-12-7-10-8-13-11(14-10)9-3-5-15-6-4-9/h8-9,12H,2-7H2,1H3,(H,13,14). The first-order chi connectivity index (χ1) is 7.40. The van der Waals surface area contributed by atoms with Crippen LogP contribution in [0.15, 0.2) is 6.20 Å². The maximum atomic E-state index is 5.34. The Hall–Kier alpha value is -0.870. The first kappa shape index (κ1) is 10.6. The quantitative estimate of drug-likeness (QED) is 0.788. The molecule has 1 aliphatic heterocycles. The molecule has 0 bridgehead atoms. The summed E-state index contributed by atoms with van der Waals surface area (Å²) in [6, 6.07) is 0. The molecule has 0 unspecified atom stereocenters. The maximum Gasteiger partial charge on any atom is 0.109 e. The van der Waals surface area contributed by atoms with Crippen molar-refractivity contribution in [2.45, 2.75) is 32.2 Å². The van der Waals surface area contributed by atoms with Crippen molar-refractivity contribution in [3.63, 3.8) is 0 Å². The molecular weight excluding hydrogens is 190 g/mol. The third kappa shape index (κ3) is 2.79. The van der Waals surface area contributed by atoms with Gasteiger partial charge in [-0.2, -0.15) is 0 Å². The molecule has 1 aliphatic rings. The highest BCUT2D eigenvalue weighted by molar-refractivity contribution is 5.06. The van der Waals surface area contributed by atoms with Gasteiger partial charge in [-0.15, -0.1) is 0 Å². The van der Waals surface area contributed by atoms with Crippen molar-refractivity contribution in [1.82, 2.24) is 15.3 Å². The van der Waals surface area contributed by atoms with Crippen LogP contribution in [0.2, 0.25) is 0 Å². The zero-order valence-electron chi connectivity index (χ0n) is 9.25. The lowest BCUT2D eigenvalue weighted by atomic mass is 10.00. The van der Waals surface area contributed by atoms with Crippen LogP contribution < -0.4 is 5.32 Å². The Labute approximate surface area is 90.4 Å². The van der Waals surface area contributed by atoms with Crippen molar-refractivity contribution in [3.8, 4) is 0 Å². The van der Waals surface area contributed by atoms with Crippen LogP contribution in [0.5, 0.6) is 0 Å². The van der Waals surface area contributed by atoms with Gasteiger partial charge >= 0.3 is 0 Å². The Morgan fingerprint density at radius 2 is 2.33 bits per heavy atom. The van der Waals surface area contributed by atoms with E-state index >= 15 is 0 Å². The van der Waals surface area contributed by atoms with E-state index in [9.17, 15) is 0 Å². The Bertz CT molecular complexity index is 292. The minimum absolute atomic E-state index is 0.564.